The molecule has 0 radical (unpaired) electrons. The largest absolute Gasteiger partial charge is 0.355 e. The highest BCUT2D eigenvalue weighted by atomic mass is 127. The van der Waals surface area contributed by atoms with E-state index in [1.54, 1.807) is 0 Å². The second-order valence-electron chi connectivity index (χ2n) is 5.40. The van der Waals surface area contributed by atoms with Gasteiger partial charge in [-0.05, 0) is 45.6 Å². The lowest BCUT2D eigenvalue weighted by molar-refractivity contribution is 0.600. The van der Waals surface area contributed by atoms with Gasteiger partial charge in [0.15, 0.2) is 5.96 Å². The Kier molecular flexibility index (Phi) is 9.96. The smallest absolute Gasteiger partial charge is 0.191 e. The van der Waals surface area contributed by atoms with Crippen molar-refractivity contribution >= 4 is 53.5 Å². The molecular formula is C13H28IN3S2. The van der Waals surface area contributed by atoms with Crippen LogP contribution in [0.4, 0.5) is 0 Å². The molecule has 19 heavy (non-hydrogen) atoms. The summed E-state index contributed by atoms with van der Waals surface area (Å²) in [4.78, 5) is 4.32. The molecule has 2 atom stereocenters. The Balaban J connectivity index is 0.00000324. The molecule has 1 rings (SSSR count). The Morgan fingerprint density at radius 3 is 2.47 bits per heavy atom. The van der Waals surface area contributed by atoms with Crippen LogP contribution in [0.15, 0.2) is 4.99 Å². The first-order valence-electron chi connectivity index (χ1n) is 6.56. The molecule has 0 saturated heterocycles. The van der Waals surface area contributed by atoms with Crippen molar-refractivity contribution in [1.29, 1.82) is 0 Å². The van der Waals surface area contributed by atoms with Crippen LogP contribution in [-0.2, 0) is 0 Å². The average Bonchev–Trinajstić information content (AvgIpc) is 2.82. The third kappa shape index (κ3) is 7.32. The van der Waals surface area contributed by atoms with E-state index >= 15 is 0 Å². The van der Waals surface area contributed by atoms with Crippen molar-refractivity contribution in [2.45, 2.75) is 49.1 Å². The maximum absolute atomic E-state index is 4.32. The maximum atomic E-state index is 4.32. The number of hydrogen-bond donors (Lipinski definition) is 2. The van der Waals surface area contributed by atoms with E-state index in [-0.39, 0.29) is 28.7 Å². The average molecular weight is 417 g/mol. The van der Waals surface area contributed by atoms with Crippen molar-refractivity contribution < 1.29 is 0 Å². The molecule has 1 fully saturated rings. The molecule has 0 bridgehead atoms. The van der Waals surface area contributed by atoms with Gasteiger partial charge in [-0.3, -0.25) is 4.99 Å². The summed E-state index contributed by atoms with van der Waals surface area (Å²) in [5.41, 5.74) is 0. The second-order valence-corrected chi connectivity index (χ2v) is 8.05. The number of hydrogen-bond acceptors (Lipinski definition) is 3. The predicted octanol–water partition coefficient (Wildman–Crippen LogP) is 3.20. The van der Waals surface area contributed by atoms with Crippen molar-refractivity contribution in [2.24, 2.45) is 4.99 Å². The first-order chi connectivity index (χ1) is 8.50. The summed E-state index contributed by atoms with van der Waals surface area (Å²) < 4.78 is 0.245. The number of aliphatic imine (C=N–C) groups is 1. The molecule has 0 aromatic carbocycles. The first kappa shape index (κ1) is 19.7. The number of rotatable bonds is 5. The fourth-order valence-corrected chi connectivity index (χ4v) is 3.06. The van der Waals surface area contributed by atoms with Crippen LogP contribution in [0.25, 0.3) is 0 Å². The molecule has 0 aromatic rings. The second kappa shape index (κ2) is 9.60. The van der Waals surface area contributed by atoms with Crippen molar-refractivity contribution in [3.8, 4) is 0 Å². The van der Waals surface area contributed by atoms with E-state index in [0.29, 0.717) is 6.04 Å². The summed E-state index contributed by atoms with van der Waals surface area (Å²) in [7, 11) is 1.85. The van der Waals surface area contributed by atoms with Crippen LogP contribution >= 0.6 is 47.5 Å². The summed E-state index contributed by atoms with van der Waals surface area (Å²) >= 11 is 3.87. The maximum Gasteiger partial charge on any atom is 0.191 e. The molecule has 0 aliphatic heterocycles. The Labute approximate surface area is 143 Å². The van der Waals surface area contributed by atoms with Crippen LogP contribution in [0.3, 0.4) is 0 Å². The Bertz CT molecular complexity index is 285. The number of nitrogens with zero attached hydrogens (tertiary/aromatic N) is 1. The summed E-state index contributed by atoms with van der Waals surface area (Å²) in [5.74, 6) is 0.948. The zero-order valence-corrected chi connectivity index (χ0v) is 16.6. The minimum absolute atomic E-state index is 0. The third-order valence-electron chi connectivity index (χ3n) is 3.52. The fourth-order valence-electron chi connectivity index (χ4n) is 2.04. The molecule has 114 valence electrons. The number of thioether (sulfide) groups is 2. The number of guanidine groups is 1. The van der Waals surface area contributed by atoms with E-state index in [4.69, 9.17) is 0 Å². The van der Waals surface area contributed by atoms with Gasteiger partial charge in [0.05, 0.1) is 0 Å². The first-order valence-corrected chi connectivity index (χ1v) is 9.07. The Morgan fingerprint density at radius 2 is 2.00 bits per heavy atom. The van der Waals surface area contributed by atoms with Gasteiger partial charge in [-0.15, -0.1) is 24.0 Å². The van der Waals surface area contributed by atoms with Gasteiger partial charge >= 0.3 is 0 Å². The van der Waals surface area contributed by atoms with Crippen LogP contribution in [-0.4, -0.2) is 48.1 Å². The molecule has 1 saturated carbocycles. The highest BCUT2D eigenvalue weighted by Crippen LogP contribution is 2.28. The minimum atomic E-state index is 0. The van der Waals surface area contributed by atoms with Crippen molar-refractivity contribution in [2.75, 3.05) is 26.1 Å². The van der Waals surface area contributed by atoms with Crippen LogP contribution in [0.2, 0.25) is 0 Å². The topological polar surface area (TPSA) is 36.4 Å². The van der Waals surface area contributed by atoms with Crippen molar-refractivity contribution in [3.05, 3.63) is 0 Å². The zero-order chi connectivity index (χ0) is 13.6. The Hall–Kier alpha value is 0.700. The van der Waals surface area contributed by atoms with Gasteiger partial charge in [0.2, 0.25) is 0 Å². The molecular weight excluding hydrogens is 389 g/mol. The molecule has 1 aliphatic carbocycles. The molecule has 2 N–H and O–H groups in total. The van der Waals surface area contributed by atoms with Gasteiger partial charge < -0.3 is 10.6 Å². The molecule has 3 nitrogen and oxygen atoms in total. The van der Waals surface area contributed by atoms with E-state index in [2.05, 4.69) is 42.0 Å². The zero-order valence-electron chi connectivity index (χ0n) is 12.7. The van der Waals surface area contributed by atoms with Crippen LogP contribution in [0.1, 0.15) is 33.1 Å². The molecule has 0 heterocycles. The number of halogens is 1. The third-order valence-corrected chi connectivity index (χ3v) is 5.86. The van der Waals surface area contributed by atoms with E-state index < -0.39 is 0 Å². The van der Waals surface area contributed by atoms with Crippen LogP contribution in [0.5, 0.6) is 0 Å². The highest BCUT2D eigenvalue weighted by Gasteiger charge is 2.25. The van der Waals surface area contributed by atoms with E-state index in [0.717, 1.165) is 17.8 Å². The summed E-state index contributed by atoms with van der Waals surface area (Å²) in [6, 6.07) is 0.589. The lowest BCUT2D eigenvalue weighted by Crippen LogP contribution is -2.46. The highest BCUT2D eigenvalue weighted by molar-refractivity contribution is 14.0. The predicted molar refractivity (Wildman–Crippen MR) is 102 cm³/mol. The van der Waals surface area contributed by atoms with Gasteiger partial charge in [-0.2, -0.15) is 23.5 Å². The van der Waals surface area contributed by atoms with Gasteiger partial charge in [0.1, 0.15) is 0 Å². The van der Waals surface area contributed by atoms with E-state index in [9.17, 15) is 0 Å². The summed E-state index contributed by atoms with van der Waals surface area (Å²) in [5, 5.41) is 7.80. The summed E-state index contributed by atoms with van der Waals surface area (Å²) in [6.07, 6.45) is 8.21. The molecule has 0 amide bonds. The van der Waals surface area contributed by atoms with Gasteiger partial charge in [-0.1, -0.05) is 0 Å². The molecule has 6 heteroatoms. The van der Waals surface area contributed by atoms with Crippen LogP contribution in [0, 0.1) is 0 Å². The van der Waals surface area contributed by atoms with Crippen molar-refractivity contribution in [1.82, 2.24) is 10.6 Å². The van der Waals surface area contributed by atoms with Gasteiger partial charge in [0, 0.05) is 29.6 Å². The minimum Gasteiger partial charge on any atom is -0.355 e. The molecule has 2 unspecified atom stereocenters. The quantitative estimate of drug-likeness (QED) is 0.409. The van der Waals surface area contributed by atoms with E-state index in [1.165, 1.54) is 19.3 Å². The van der Waals surface area contributed by atoms with Gasteiger partial charge in [0.25, 0.3) is 0 Å². The lowest BCUT2D eigenvalue weighted by Gasteiger charge is -2.25. The Morgan fingerprint density at radius 1 is 1.32 bits per heavy atom. The number of nitrogens with one attached hydrogen (secondary N) is 2. The summed E-state index contributed by atoms with van der Waals surface area (Å²) in [6.45, 7) is 5.43. The monoisotopic (exact) mass is 417 g/mol. The fraction of sp³-hybridized carbons (Fsp3) is 0.923. The van der Waals surface area contributed by atoms with Crippen LogP contribution < -0.4 is 10.6 Å². The lowest BCUT2D eigenvalue weighted by atomic mass is 10.2. The molecule has 0 aromatic heterocycles. The normalized spacial score (nSPS) is 23.9. The van der Waals surface area contributed by atoms with E-state index in [1.807, 2.05) is 30.6 Å². The van der Waals surface area contributed by atoms with Gasteiger partial charge in [-0.25, -0.2) is 0 Å². The SMILES string of the molecule is CN=C(NCC(C)(C)SC)NC1CCC(SC)C1.I. The standard InChI is InChI=1S/C13H27N3S2.HI/c1-13(2,18-5)9-15-12(14-3)16-10-6-7-11(8-10)17-4;/h10-11H,6-9H2,1-5H3,(H2,14,15,16);1H. The molecule has 1 aliphatic rings. The van der Waals surface area contributed by atoms with Crippen molar-refractivity contribution in [3.63, 3.8) is 0 Å². The molecule has 0 spiro atoms.